The maximum Gasteiger partial charge on any atom is 0.282 e. The van der Waals surface area contributed by atoms with Crippen LogP contribution in [-0.4, -0.2) is 29.8 Å². The highest BCUT2D eigenvalue weighted by atomic mass is 35.5. The molecule has 2 amide bonds. The van der Waals surface area contributed by atoms with Crippen LogP contribution < -0.4 is 4.90 Å². The average molecular weight is 395 g/mol. The third-order valence-electron chi connectivity index (χ3n) is 5.59. The van der Waals surface area contributed by atoms with Gasteiger partial charge in [-0.3, -0.25) is 9.59 Å². The summed E-state index contributed by atoms with van der Waals surface area (Å²) in [6, 6.07) is 12.8. The van der Waals surface area contributed by atoms with E-state index in [0.29, 0.717) is 22.0 Å². The van der Waals surface area contributed by atoms with Crippen molar-refractivity contribution < 1.29 is 9.59 Å². The maximum atomic E-state index is 13.5. The lowest BCUT2D eigenvalue weighted by molar-refractivity contribution is -0.120. The molecule has 0 atom stereocenters. The van der Waals surface area contributed by atoms with Gasteiger partial charge in [-0.1, -0.05) is 35.9 Å². The third kappa shape index (κ3) is 3.22. The van der Waals surface area contributed by atoms with Crippen LogP contribution in [0.4, 0.5) is 5.69 Å². The number of amides is 2. The summed E-state index contributed by atoms with van der Waals surface area (Å²) in [4.78, 5) is 30.2. The Morgan fingerprint density at radius 1 is 0.857 bits per heavy atom. The van der Waals surface area contributed by atoms with Crippen molar-refractivity contribution in [2.24, 2.45) is 0 Å². The third-order valence-corrected chi connectivity index (χ3v) is 5.83. The van der Waals surface area contributed by atoms with E-state index in [1.165, 1.54) is 4.90 Å². The Labute approximate surface area is 170 Å². The summed E-state index contributed by atoms with van der Waals surface area (Å²) in [6.45, 7) is 5.66. The number of hydrogen-bond donors (Lipinski definition) is 0. The van der Waals surface area contributed by atoms with E-state index in [1.807, 2.05) is 32.0 Å². The second-order valence-electron chi connectivity index (χ2n) is 7.50. The van der Waals surface area contributed by atoms with Crippen LogP contribution in [0.3, 0.4) is 0 Å². The Morgan fingerprint density at radius 2 is 1.61 bits per heavy atom. The molecule has 0 bridgehead atoms. The largest absolute Gasteiger partial charge is 0.366 e. The average Bonchev–Trinajstić information content (AvgIpc) is 2.95. The van der Waals surface area contributed by atoms with E-state index in [-0.39, 0.29) is 11.8 Å². The van der Waals surface area contributed by atoms with Crippen molar-refractivity contribution in [3.63, 3.8) is 0 Å². The number of aryl methyl sites for hydroxylation is 2. The van der Waals surface area contributed by atoms with Crippen molar-refractivity contribution >= 4 is 34.7 Å². The summed E-state index contributed by atoms with van der Waals surface area (Å²) in [5.41, 5.74) is 4.59. The molecule has 0 N–H and O–H groups in total. The van der Waals surface area contributed by atoms with Gasteiger partial charge in [0, 0.05) is 18.1 Å². The molecule has 0 spiro atoms. The van der Waals surface area contributed by atoms with Crippen molar-refractivity contribution in [1.82, 2.24) is 4.90 Å². The van der Waals surface area contributed by atoms with E-state index in [2.05, 4.69) is 4.90 Å². The summed E-state index contributed by atoms with van der Waals surface area (Å²) < 4.78 is 0. The van der Waals surface area contributed by atoms with E-state index in [0.717, 1.165) is 49.0 Å². The minimum atomic E-state index is -0.281. The van der Waals surface area contributed by atoms with Crippen molar-refractivity contribution in [1.29, 1.82) is 0 Å². The first-order valence-corrected chi connectivity index (χ1v) is 10.1. The van der Waals surface area contributed by atoms with Gasteiger partial charge in [0.25, 0.3) is 11.8 Å². The molecule has 2 heterocycles. The zero-order valence-corrected chi connectivity index (χ0v) is 16.9. The Bertz CT molecular complexity index is 990. The number of halogens is 1. The SMILES string of the molecule is Cc1ccc(C2=C(N3CCCCC3)C(=O)N(c3cccc(Cl)c3)C2=O)cc1C. The highest BCUT2D eigenvalue weighted by molar-refractivity contribution is 6.45. The van der Waals surface area contributed by atoms with Gasteiger partial charge < -0.3 is 4.90 Å². The molecule has 2 aromatic carbocycles. The first-order chi connectivity index (χ1) is 13.5. The van der Waals surface area contributed by atoms with Gasteiger partial charge in [0.05, 0.1) is 11.3 Å². The molecule has 28 heavy (non-hydrogen) atoms. The van der Waals surface area contributed by atoms with E-state index < -0.39 is 0 Å². The van der Waals surface area contributed by atoms with Crippen molar-refractivity contribution in [3.05, 3.63) is 69.9 Å². The number of benzene rings is 2. The lowest BCUT2D eigenvalue weighted by Crippen LogP contribution is -2.37. The number of likely N-dealkylation sites (tertiary alicyclic amines) is 1. The van der Waals surface area contributed by atoms with Gasteiger partial charge in [-0.15, -0.1) is 0 Å². The van der Waals surface area contributed by atoms with Crippen LogP contribution in [0.5, 0.6) is 0 Å². The van der Waals surface area contributed by atoms with Crippen molar-refractivity contribution in [2.45, 2.75) is 33.1 Å². The van der Waals surface area contributed by atoms with Crippen LogP contribution in [0, 0.1) is 13.8 Å². The van der Waals surface area contributed by atoms with Crippen LogP contribution in [0.15, 0.2) is 48.2 Å². The molecule has 5 heteroatoms. The first-order valence-electron chi connectivity index (χ1n) is 9.68. The molecular weight excluding hydrogens is 372 g/mol. The van der Waals surface area contributed by atoms with Crippen LogP contribution in [0.1, 0.15) is 36.0 Å². The zero-order chi connectivity index (χ0) is 19.8. The van der Waals surface area contributed by atoms with E-state index >= 15 is 0 Å². The van der Waals surface area contributed by atoms with Crippen LogP contribution in [0.25, 0.3) is 5.57 Å². The summed E-state index contributed by atoms with van der Waals surface area (Å²) >= 11 is 6.12. The molecule has 0 radical (unpaired) electrons. The molecule has 0 saturated carbocycles. The summed E-state index contributed by atoms with van der Waals surface area (Å²) in [5, 5.41) is 0.497. The lowest BCUT2D eigenvalue weighted by Gasteiger charge is -2.29. The van der Waals surface area contributed by atoms with Gasteiger partial charge in [-0.2, -0.15) is 0 Å². The van der Waals surface area contributed by atoms with Crippen molar-refractivity contribution in [2.75, 3.05) is 18.0 Å². The molecule has 4 rings (SSSR count). The minimum absolute atomic E-state index is 0.262. The molecule has 4 nitrogen and oxygen atoms in total. The van der Waals surface area contributed by atoms with Crippen molar-refractivity contribution in [3.8, 4) is 0 Å². The summed E-state index contributed by atoms with van der Waals surface area (Å²) in [7, 11) is 0. The minimum Gasteiger partial charge on any atom is -0.366 e. The number of carbonyl (C=O) groups is 2. The van der Waals surface area contributed by atoms with Gasteiger partial charge in [0.2, 0.25) is 0 Å². The Balaban J connectivity index is 1.85. The predicted octanol–water partition coefficient (Wildman–Crippen LogP) is 4.73. The summed E-state index contributed by atoms with van der Waals surface area (Å²) in [6.07, 6.45) is 3.22. The van der Waals surface area contributed by atoms with Gasteiger partial charge in [-0.05, 0) is 68.0 Å². The number of anilines is 1. The number of carbonyl (C=O) groups excluding carboxylic acids is 2. The second-order valence-corrected chi connectivity index (χ2v) is 7.93. The molecule has 1 saturated heterocycles. The van der Waals surface area contributed by atoms with Gasteiger partial charge in [0.15, 0.2) is 0 Å². The van der Waals surface area contributed by atoms with Crippen LogP contribution in [0.2, 0.25) is 5.02 Å². The molecule has 2 aliphatic rings. The molecule has 0 aliphatic carbocycles. The fraction of sp³-hybridized carbons (Fsp3) is 0.304. The predicted molar refractivity (Wildman–Crippen MR) is 112 cm³/mol. The quantitative estimate of drug-likeness (QED) is 0.707. The molecule has 2 aliphatic heterocycles. The molecular formula is C23H23ClN2O2. The normalized spacial score (nSPS) is 17.7. The first kappa shape index (κ1) is 18.8. The molecule has 0 aromatic heterocycles. The number of piperidine rings is 1. The van der Waals surface area contributed by atoms with Gasteiger partial charge in [0.1, 0.15) is 5.70 Å². The highest BCUT2D eigenvalue weighted by Gasteiger charge is 2.42. The number of imide groups is 1. The molecule has 2 aromatic rings. The second kappa shape index (κ2) is 7.44. The molecule has 1 fully saturated rings. The lowest BCUT2D eigenvalue weighted by atomic mass is 9.98. The summed E-state index contributed by atoms with van der Waals surface area (Å²) in [5.74, 6) is -0.543. The molecule has 0 unspecified atom stereocenters. The number of nitrogens with zero attached hydrogens (tertiary/aromatic N) is 2. The maximum absolute atomic E-state index is 13.5. The standard InChI is InChI=1S/C23H23ClN2O2/c1-15-9-10-17(13-16(15)2)20-21(25-11-4-3-5-12-25)23(28)26(22(20)27)19-8-6-7-18(24)14-19/h6-10,13-14H,3-5,11-12H2,1-2H3. The van der Waals surface area contributed by atoms with E-state index in [1.54, 1.807) is 24.3 Å². The van der Waals surface area contributed by atoms with Crippen LogP contribution in [-0.2, 0) is 9.59 Å². The van der Waals surface area contributed by atoms with E-state index in [9.17, 15) is 9.59 Å². The van der Waals surface area contributed by atoms with Gasteiger partial charge >= 0.3 is 0 Å². The number of rotatable bonds is 3. The smallest absolute Gasteiger partial charge is 0.282 e. The van der Waals surface area contributed by atoms with Crippen LogP contribution >= 0.6 is 11.6 Å². The number of hydrogen-bond acceptors (Lipinski definition) is 3. The molecule has 144 valence electrons. The monoisotopic (exact) mass is 394 g/mol. The van der Waals surface area contributed by atoms with E-state index in [4.69, 9.17) is 11.6 Å². The van der Waals surface area contributed by atoms with Gasteiger partial charge in [-0.25, -0.2) is 4.90 Å². The Hall–Kier alpha value is -2.59. The fourth-order valence-corrected chi connectivity index (χ4v) is 4.12. The zero-order valence-electron chi connectivity index (χ0n) is 16.2. The Morgan fingerprint density at radius 3 is 2.29 bits per heavy atom. The topological polar surface area (TPSA) is 40.6 Å². The fourth-order valence-electron chi connectivity index (χ4n) is 3.94. The Kier molecular flexibility index (Phi) is 4.98. The highest BCUT2D eigenvalue weighted by Crippen LogP contribution is 2.36.